The van der Waals surface area contributed by atoms with Crippen LogP contribution in [0.25, 0.3) is 61.4 Å². The van der Waals surface area contributed by atoms with Crippen LogP contribution in [-0.2, 0) is 7.05 Å². The topological polar surface area (TPSA) is 34.8 Å². The Morgan fingerprint density at radius 1 is 0.684 bits per heavy atom. The number of imidazole rings is 1. The molecule has 2 aromatic heterocycles. The minimum absolute atomic E-state index is 0.665. The molecule has 4 heteroatoms. The van der Waals surface area contributed by atoms with Crippen molar-refractivity contribution in [3.8, 4) is 28.5 Å². The maximum atomic E-state index is 6.67. The number of fused-ring (bicyclic) bond motifs is 3. The van der Waals surface area contributed by atoms with Gasteiger partial charge in [-0.15, -0.1) is 0 Å². The number of aryl methyl sites for hydroxylation is 4. The highest BCUT2D eigenvalue weighted by molar-refractivity contribution is 5.97. The predicted octanol–water partition coefficient (Wildman–Crippen LogP) is 8.01. The highest BCUT2D eigenvalue weighted by Gasteiger charge is 2.31. The Balaban J connectivity index is 1.61. The van der Waals surface area contributed by atoms with Crippen LogP contribution in [0.2, 0.25) is 0 Å². The zero-order valence-electron chi connectivity index (χ0n) is 22.0. The van der Waals surface area contributed by atoms with Crippen molar-refractivity contribution >= 4 is 32.9 Å². The van der Waals surface area contributed by atoms with Crippen LogP contribution in [0.5, 0.6) is 0 Å². The minimum atomic E-state index is 0.665. The van der Waals surface area contributed by atoms with E-state index in [1.54, 1.807) is 0 Å². The SMILES string of the molecule is Cc1cccc(C)c1-c1nc2ccc(C)c(-c3n(-c4cccc5ccccc45)c4ccccc4[n+]3C)c2o1. The first kappa shape index (κ1) is 22.5. The van der Waals surface area contributed by atoms with Crippen LogP contribution >= 0.6 is 0 Å². The van der Waals surface area contributed by atoms with E-state index in [1.807, 2.05) is 0 Å². The lowest BCUT2D eigenvalue weighted by Crippen LogP contribution is -2.30. The molecular formula is C34H28N3O+. The lowest BCUT2D eigenvalue weighted by molar-refractivity contribution is -0.633. The third kappa shape index (κ3) is 3.23. The quantitative estimate of drug-likeness (QED) is 0.233. The zero-order valence-corrected chi connectivity index (χ0v) is 22.0. The van der Waals surface area contributed by atoms with Crippen LogP contribution in [0.1, 0.15) is 16.7 Å². The molecule has 0 unspecified atom stereocenters. The van der Waals surface area contributed by atoms with Crippen LogP contribution in [0, 0.1) is 20.8 Å². The van der Waals surface area contributed by atoms with Crippen molar-refractivity contribution in [3.63, 3.8) is 0 Å². The molecule has 0 saturated heterocycles. The number of benzene rings is 5. The first-order chi connectivity index (χ1) is 18.5. The Morgan fingerprint density at radius 3 is 2.21 bits per heavy atom. The number of aromatic nitrogens is 3. The van der Waals surface area contributed by atoms with Crippen molar-refractivity contribution < 1.29 is 8.98 Å². The van der Waals surface area contributed by atoms with E-state index in [4.69, 9.17) is 9.40 Å². The van der Waals surface area contributed by atoms with Gasteiger partial charge in [0.25, 0.3) is 5.82 Å². The van der Waals surface area contributed by atoms with E-state index in [0.717, 1.165) is 61.5 Å². The molecule has 2 heterocycles. The van der Waals surface area contributed by atoms with Gasteiger partial charge in [0.15, 0.2) is 16.6 Å². The van der Waals surface area contributed by atoms with Gasteiger partial charge in [0.05, 0.1) is 7.05 Å². The number of hydrogen-bond donors (Lipinski definition) is 0. The van der Waals surface area contributed by atoms with E-state index >= 15 is 0 Å². The van der Waals surface area contributed by atoms with E-state index in [0.29, 0.717) is 5.89 Å². The lowest BCUT2D eigenvalue weighted by atomic mass is 10.0. The molecule has 0 radical (unpaired) electrons. The molecule has 7 rings (SSSR count). The van der Waals surface area contributed by atoms with E-state index < -0.39 is 0 Å². The number of hydrogen-bond acceptors (Lipinski definition) is 2. The molecule has 0 N–H and O–H groups in total. The second-order valence-electron chi connectivity index (χ2n) is 10.1. The highest BCUT2D eigenvalue weighted by Crippen LogP contribution is 2.38. The summed E-state index contributed by atoms with van der Waals surface area (Å²) in [6.45, 7) is 6.38. The monoisotopic (exact) mass is 494 g/mol. The van der Waals surface area contributed by atoms with Crippen LogP contribution in [0.15, 0.2) is 101 Å². The van der Waals surface area contributed by atoms with Crippen molar-refractivity contribution in [3.05, 3.63) is 114 Å². The van der Waals surface area contributed by atoms with Crippen LogP contribution in [0.4, 0.5) is 0 Å². The standard InChI is InChI=1S/C34H28N3O/c1-21-11-9-12-22(2)30(21)33-35-26-20-19-23(3)31(32(26)38-33)34-36(4)28-16-7-8-17-29(28)37(34)27-18-10-14-24-13-5-6-15-25(24)27/h5-20H,1-4H3/q+1. The van der Waals surface area contributed by atoms with Gasteiger partial charge in [-0.05, 0) is 67.1 Å². The van der Waals surface area contributed by atoms with Crippen molar-refractivity contribution in [2.24, 2.45) is 7.05 Å². The molecule has 0 amide bonds. The smallest absolute Gasteiger partial charge is 0.299 e. The summed E-state index contributed by atoms with van der Waals surface area (Å²) >= 11 is 0. The molecule has 5 aromatic carbocycles. The summed E-state index contributed by atoms with van der Waals surface area (Å²) in [7, 11) is 2.14. The fourth-order valence-electron chi connectivity index (χ4n) is 5.87. The van der Waals surface area contributed by atoms with E-state index in [-0.39, 0.29) is 0 Å². The summed E-state index contributed by atoms with van der Waals surface area (Å²) in [6, 6.07) is 34.2. The van der Waals surface area contributed by atoms with Crippen molar-refractivity contribution in [1.82, 2.24) is 9.55 Å². The van der Waals surface area contributed by atoms with Gasteiger partial charge in [-0.1, -0.05) is 72.8 Å². The molecule has 184 valence electrons. The van der Waals surface area contributed by atoms with Crippen LogP contribution in [0.3, 0.4) is 0 Å². The number of rotatable bonds is 3. The van der Waals surface area contributed by atoms with Gasteiger partial charge in [0, 0.05) is 10.9 Å². The van der Waals surface area contributed by atoms with Crippen LogP contribution in [-0.4, -0.2) is 9.55 Å². The normalized spacial score (nSPS) is 11.7. The molecule has 38 heavy (non-hydrogen) atoms. The summed E-state index contributed by atoms with van der Waals surface area (Å²) < 4.78 is 11.3. The van der Waals surface area contributed by atoms with Gasteiger partial charge >= 0.3 is 0 Å². The maximum Gasteiger partial charge on any atom is 0.299 e. The first-order valence-corrected chi connectivity index (χ1v) is 13.0. The predicted molar refractivity (Wildman–Crippen MR) is 155 cm³/mol. The summed E-state index contributed by atoms with van der Waals surface area (Å²) in [5.41, 5.74) is 10.7. The van der Waals surface area contributed by atoms with Crippen molar-refractivity contribution in [2.45, 2.75) is 20.8 Å². The van der Waals surface area contributed by atoms with Gasteiger partial charge in [0.2, 0.25) is 5.89 Å². The van der Waals surface area contributed by atoms with Gasteiger partial charge in [-0.2, -0.15) is 4.57 Å². The van der Waals surface area contributed by atoms with E-state index in [1.165, 1.54) is 10.8 Å². The molecule has 7 aromatic rings. The second kappa shape index (κ2) is 8.42. The van der Waals surface area contributed by atoms with Gasteiger partial charge in [0.1, 0.15) is 16.8 Å². The van der Waals surface area contributed by atoms with Gasteiger partial charge in [-0.3, -0.25) is 0 Å². The van der Waals surface area contributed by atoms with Crippen LogP contribution < -0.4 is 4.57 Å². The molecule has 0 atom stereocenters. The van der Waals surface area contributed by atoms with Gasteiger partial charge in [-0.25, -0.2) is 9.55 Å². The summed E-state index contributed by atoms with van der Waals surface area (Å²) in [4.78, 5) is 4.98. The Kier molecular flexibility index (Phi) is 4.98. The fourth-order valence-corrected chi connectivity index (χ4v) is 5.87. The molecule has 0 aliphatic rings. The molecule has 0 fully saturated rings. The third-order valence-electron chi connectivity index (χ3n) is 7.71. The summed E-state index contributed by atoms with van der Waals surface area (Å²) in [5, 5.41) is 2.42. The molecule has 0 aliphatic heterocycles. The maximum absolute atomic E-state index is 6.67. The Labute approximate surface area is 221 Å². The zero-order chi connectivity index (χ0) is 26.0. The largest absolute Gasteiger partial charge is 0.435 e. The second-order valence-corrected chi connectivity index (χ2v) is 10.1. The highest BCUT2D eigenvalue weighted by atomic mass is 16.3. The molecule has 0 aliphatic carbocycles. The number of nitrogens with zero attached hydrogens (tertiary/aromatic N) is 3. The number of oxazole rings is 1. The summed E-state index contributed by atoms with van der Waals surface area (Å²) in [5.74, 6) is 1.73. The summed E-state index contributed by atoms with van der Waals surface area (Å²) in [6.07, 6.45) is 0. The Bertz CT molecular complexity index is 2000. The molecule has 0 bridgehead atoms. The Morgan fingerprint density at radius 2 is 1.37 bits per heavy atom. The first-order valence-electron chi connectivity index (χ1n) is 13.0. The van der Waals surface area contributed by atoms with E-state index in [2.05, 4.69) is 134 Å². The third-order valence-corrected chi connectivity index (χ3v) is 7.71. The minimum Gasteiger partial charge on any atom is -0.435 e. The number of para-hydroxylation sites is 2. The van der Waals surface area contributed by atoms with Crippen molar-refractivity contribution in [1.29, 1.82) is 0 Å². The van der Waals surface area contributed by atoms with Crippen molar-refractivity contribution in [2.75, 3.05) is 0 Å². The fraction of sp³-hybridized carbons (Fsp3) is 0.118. The molecule has 0 saturated carbocycles. The van der Waals surface area contributed by atoms with Gasteiger partial charge < -0.3 is 4.42 Å². The average molecular weight is 495 g/mol. The molecule has 4 nitrogen and oxygen atoms in total. The molecule has 0 spiro atoms. The van der Waals surface area contributed by atoms with E-state index in [9.17, 15) is 0 Å². The lowest BCUT2D eigenvalue weighted by Gasteiger charge is -2.09. The Hall–Kier alpha value is -4.70. The average Bonchev–Trinajstić information content (AvgIpc) is 3.47. The molecular weight excluding hydrogens is 466 g/mol.